The molecule has 0 bridgehead atoms. The highest BCUT2D eigenvalue weighted by Crippen LogP contribution is 2.36. The number of hydrogen-bond acceptors (Lipinski definition) is 6. The molecule has 4 unspecified atom stereocenters. The van der Waals surface area contributed by atoms with Crippen LogP contribution in [0, 0.1) is 11.8 Å². The van der Waals surface area contributed by atoms with Crippen molar-refractivity contribution in [1.82, 2.24) is 21.1 Å². The molecule has 1 aliphatic carbocycles. The van der Waals surface area contributed by atoms with Crippen LogP contribution in [-0.2, 0) is 9.59 Å². The van der Waals surface area contributed by atoms with Gasteiger partial charge in [-0.25, -0.2) is 5.43 Å². The van der Waals surface area contributed by atoms with Gasteiger partial charge in [-0.05, 0) is 25.0 Å². The Labute approximate surface area is 162 Å². The number of carbonyl (C=O) groups is 2. The molecule has 2 amide bonds. The predicted octanol–water partition coefficient (Wildman–Crippen LogP) is 0.894. The monoisotopic (exact) mass is 393 g/mol. The van der Waals surface area contributed by atoms with E-state index in [2.05, 4.69) is 21.4 Å². The van der Waals surface area contributed by atoms with Gasteiger partial charge in [-0.15, -0.1) is 0 Å². The zero-order chi connectivity index (χ0) is 19.1. The number of nitrogens with one attached hydrogen (secondary N) is 4. The van der Waals surface area contributed by atoms with Gasteiger partial charge in [0.1, 0.15) is 0 Å². The molecule has 3 aliphatic rings. The number of fused-ring (bicyclic) bond motifs is 1. The molecule has 9 heteroatoms. The number of hydrazine groups is 1. The molecule has 146 valence electrons. The minimum atomic E-state index is -0.312. The first-order chi connectivity index (χ1) is 13.0. The Morgan fingerprint density at radius 2 is 2.15 bits per heavy atom. The first-order valence-electron chi connectivity index (χ1n) is 9.17. The summed E-state index contributed by atoms with van der Waals surface area (Å²) in [6.45, 7) is 0. The minimum absolute atomic E-state index is 0.00188. The molecule has 2 aliphatic heterocycles. The lowest BCUT2D eigenvalue weighted by atomic mass is 9.88. The van der Waals surface area contributed by atoms with Crippen molar-refractivity contribution in [2.75, 3.05) is 19.5 Å². The summed E-state index contributed by atoms with van der Waals surface area (Å²) in [7, 11) is 3.27. The average molecular weight is 394 g/mol. The summed E-state index contributed by atoms with van der Waals surface area (Å²) >= 11 is 6.23. The molecule has 0 spiro atoms. The summed E-state index contributed by atoms with van der Waals surface area (Å²) in [6.07, 6.45) is 1.98. The van der Waals surface area contributed by atoms with E-state index in [1.54, 1.807) is 20.2 Å². The number of carbonyl (C=O) groups excluding carboxylic acids is 2. The quantitative estimate of drug-likeness (QED) is 0.593. The van der Waals surface area contributed by atoms with Gasteiger partial charge < -0.3 is 15.4 Å². The fourth-order valence-corrected chi connectivity index (χ4v) is 4.12. The Balaban J connectivity index is 1.56. The van der Waals surface area contributed by atoms with Crippen molar-refractivity contribution < 1.29 is 14.3 Å². The summed E-state index contributed by atoms with van der Waals surface area (Å²) in [5.74, 6) is 0.429. The molecular weight excluding hydrogens is 370 g/mol. The zero-order valence-electron chi connectivity index (χ0n) is 15.3. The van der Waals surface area contributed by atoms with E-state index >= 15 is 0 Å². The van der Waals surface area contributed by atoms with Crippen molar-refractivity contribution in [2.24, 2.45) is 11.8 Å². The summed E-state index contributed by atoms with van der Waals surface area (Å²) < 4.78 is 5.42. The van der Waals surface area contributed by atoms with E-state index in [0.717, 1.165) is 18.5 Å². The largest absolute Gasteiger partial charge is 0.493 e. The van der Waals surface area contributed by atoms with Crippen LogP contribution in [0.5, 0.6) is 5.75 Å². The van der Waals surface area contributed by atoms with Crippen LogP contribution in [0.2, 0.25) is 5.02 Å². The third-order valence-corrected chi connectivity index (χ3v) is 5.69. The summed E-state index contributed by atoms with van der Waals surface area (Å²) in [5, 5.41) is 11.8. The second kappa shape index (κ2) is 7.18. The number of benzene rings is 1. The molecule has 2 saturated heterocycles. The van der Waals surface area contributed by atoms with Gasteiger partial charge in [0, 0.05) is 25.4 Å². The van der Waals surface area contributed by atoms with Crippen LogP contribution in [0.4, 0.5) is 5.69 Å². The maximum Gasteiger partial charge on any atom is 0.244 e. The van der Waals surface area contributed by atoms with Crippen molar-refractivity contribution >= 4 is 29.1 Å². The number of amides is 2. The molecule has 0 aromatic heterocycles. The number of anilines is 1. The highest BCUT2D eigenvalue weighted by Gasteiger charge is 2.49. The Morgan fingerprint density at radius 1 is 1.37 bits per heavy atom. The van der Waals surface area contributed by atoms with Gasteiger partial charge in [-0.1, -0.05) is 17.7 Å². The third-order valence-electron chi connectivity index (χ3n) is 5.39. The summed E-state index contributed by atoms with van der Waals surface area (Å²) in [4.78, 5) is 24.8. The highest BCUT2D eigenvalue weighted by molar-refractivity contribution is 6.32. The number of nitrogens with zero attached hydrogens (tertiary/aromatic N) is 1. The Bertz CT molecular complexity index is 757. The molecule has 27 heavy (non-hydrogen) atoms. The topological polar surface area (TPSA) is 94.7 Å². The lowest BCUT2D eigenvalue weighted by Crippen LogP contribution is -2.63. The molecule has 8 nitrogen and oxygen atoms in total. The Kier molecular flexibility index (Phi) is 4.88. The fraction of sp³-hybridized carbons (Fsp3) is 0.556. The predicted molar refractivity (Wildman–Crippen MR) is 101 cm³/mol. The van der Waals surface area contributed by atoms with Crippen molar-refractivity contribution in [3.8, 4) is 5.75 Å². The lowest BCUT2D eigenvalue weighted by molar-refractivity contribution is -0.131. The normalized spacial score (nSPS) is 30.0. The molecule has 4 N–H and O–H groups in total. The number of para-hydroxylation sites is 1. The van der Waals surface area contributed by atoms with Gasteiger partial charge in [-0.2, -0.15) is 0 Å². The van der Waals surface area contributed by atoms with Gasteiger partial charge in [0.25, 0.3) is 0 Å². The first-order valence-corrected chi connectivity index (χ1v) is 9.55. The van der Waals surface area contributed by atoms with E-state index < -0.39 is 0 Å². The molecule has 1 aromatic carbocycles. The minimum Gasteiger partial charge on any atom is -0.493 e. The number of ether oxygens (including phenoxy) is 1. The smallest absolute Gasteiger partial charge is 0.244 e. The second-order valence-corrected chi connectivity index (χ2v) is 7.75. The van der Waals surface area contributed by atoms with E-state index in [1.807, 2.05) is 12.1 Å². The number of halogens is 1. The van der Waals surface area contributed by atoms with E-state index in [4.69, 9.17) is 16.3 Å². The average Bonchev–Trinajstić information content (AvgIpc) is 3.42. The Morgan fingerprint density at radius 3 is 2.85 bits per heavy atom. The maximum atomic E-state index is 12.6. The second-order valence-electron chi connectivity index (χ2n) is 7.34. The number of hydrogen-bond donors (Lipinski definition) is 4. The van der Waals surface area contributed by atoms with Crippen molar-refractivity contribution in [3.63, 3.8) is 0 Å². The first kappa shape index (κ1) is 18.3. The van der Waals surface area contributed by atoms with E-state index in [0.29, 0.717) is 17.2 Å². The number of methoxy groups -OCH3 is 1. The van der Waals surface area contributed by atoms with E-state index in [-0.39, 0.29) is 42.0 Å². The van der Waals surface area contributed by atoms with Crippen LogP contribution < -0.4 is 26.1 Å². The van der Waals surface area contributed by atoms with Crippen molar-refractivity contribution in [3.05, 3.63) is 23.2 Å². The molecule has 4 atom stereocenters. The molecule has 1 aromatic rings. The van der Waals surface area contributed by atoms with Crippen LogP contribution in [0.1, 0.15) is 19.3 Å². The van der Waals surface area contributed by atoms with Crippen LogP contribution in [0.15, 0.2) is 18.2 Å². The molecule has 4 rings (SSSR count). The fourth-order valence-electron chi connectivity index (χ4n) is 3.86. The zero-order valence-corrected chi connectivity index (χ0v) is 16.0. The Hall–Kier alpha value is -2.03. The van der Waals surface area contributed by atoms with E-state index in [9.17, 15) is 9.59 Å². The SMILES string of the molecule is COc1c(Cl)cccc1NC1CC(NC(=O)C2CC2)NC2NN(C)C(=O)C12. The van der Waals surface area contributed by atoms with Crippen LogP contribution >= 0.6 is 11.6 Å². The number of rotatable bonds is 5. The lowest BCUT2D eigenvalue weighted by Gasteiger charge is -2.38. The number of piperidine rings is 1. The summed E-state index contributed by atoms with van der Waals surface area (Å²) in [5.41, 5.74) is 3.86. The van der Waals surface area contributed by atoms with Gasteiger partial charge >= 0.3 is 0 Å². The van der Waals surface area contributed by atoms with Crippen molar-refractivity contribution in [1.29, 1.82) is 0 Å². The van der Waals surface area contributed by atoms with Gasteiger partial charge in [0.05, 0.1) is 36.1 Å². The molecule has 2 heterocycles. The molecule has 3 fully saturated rings. The maximum absolute atomic E-state index is 12.6. The molecular formula is C18H24ClN5O3. The van der Waals surface area contributed by atoms with E-state index in [1.165, 1.54) is 5.01 Å². The van der Waals surface area contributed by atoms with Gasteiger partial charge in [-0.3, -0.25) is 19.9 Å². The van der Waals surface area contributed by atoms with Gasteiger partial charge in [0.15, 0.2) is 5.75 Å². The molecule has 0 radical (unpaired) electrons. The summed E-state index contributed by atoms with van der Waals surface area (Å²) in [6, 6.07) is 5.26. The van der Waals surface area contributed by atoms with Crippen LogP contribution in [-0.4, -0.2) is 49.4 Å². The van der Waals surface area contributed by atoms with Crippen molar-refractivity contribution in [2.45, 2.75) is 37.6 Å². The van der Waals surface area contributed by atoms with Crippen LogP contribution in [0.3, 0.4) is 0 Å². The van der Waals surface area contributed by atoms with Crippen LogP contribution in [0.25, 0.3) is 0 Å². The van der Waals surface area contributed by atoms with Gasteiger partial charge in [0.2, 0.25) is 11.8 Å². The standard InChI is InChI=1S/C18H24ClN5O3/c1-24-18(26)14-12(20-11-5-3-4-10(19)15(11)27-2)8-13(21-16(14)23-24)22-17(25)9-6-7-9/h3-5,9,12-14,16,20-21,23H,6-8H2,1-2H3,(H,22,25). The molecule has 1 saturated carbocycles. The highest BCUT2D eigenvalue weighted by atomic mass is 35.5. The third kappa shape index (κ3) is 3.56.